The number of hydrogen-bond donors (Lipinski definition) is 1. The van der Waals surface area contributed by atoms with E-state index in [-0.39, 0.29) is 11.2 Å². The maximum atomic E-state index is 13.5. The lowest BCUT2D eigenvalue weighted by molar-refractivity contribution is 0.817. The zero-order valence-corrected chi connectivity index (χ0v) is 16.9. The van der Waals surface area contributed by atoms with E-state index in [0.29, 0.717) is 16.6 Å². The van der Waals surface area contributed by atoms with Crippen molar-refractivity contribution in [1.29, 1.82) is 0 Å². The van der Waals surface area contributed by atoms with Crippen molar-refractivity contribution in [3.05, 3.63) is 118 Å². The summed E-state index contributed by atoms with van der Waals surface area (Å²) in [5.74, 6) is 0. The molecular weight excluding hydrogens is 386 g/mol. The van der Waals surface area contributed by atoms with Gasteiger partial charge in [0.05, 0.1) is 16.6 Å². The minimum atomic E-state index is -0.353. The van der Waals surface area contributed by atoms with Crippen LogP contribution in [0.25, 0.3) is 22.3 Å². The molecule has 0 saturated heterocycles. The van der Waals surface area contributed by atoms with Gasteiger partial charge in [-0.15, -0.1) is 0 Å². The molecule has 1 aliphatic rings. The standard InChI is InChI=1S/C26H21N3O2/c30-25-23-18-20(27-19-10-4-1-5-11-19)16-17-24(23)28(21-12-6-2-7-13-21)26(31)29(25)22-14-8-3-9-15-22/h1-6,8-12,14-18,27H,7,13H2. The van der Waals surface area contributed by atoms with Crippen LogP contribution in [0.15, 0.2) is 107 Å². The fourth-order valence-corrected chi connectivity index (χ4v) is 3.94. The third-order valence-corrected chi connectivity index (χ3v) is 5.41. The maximum Gasteiger partial charge on any atom is 0.340 e. The van der Waals surface area contributed by atoms with Crippen LogP contribution in [0.1, 0.15) is 12.8 Å². The second-order valence-electron chi connectivity index (χ2n) is 7.44. The second kappa shape index (κ2) is 7.95. The van der Waals surface area contributed by atoms with Crippen molar-refractivity contribution in [3.63, 3.8) is 0 Å². The van der Waals surface area contributed by atoms with E-state index in [0.717, 1.165) is 29.9 Å². The van der Waals surface area contributed by atoms with Gasteiger partial charge in [0, 0.05) is 17.1 Å². The van der Waals surface area contributed by atoms with Crippen LogP contribution in [0.3, 0.4) is 0 Å². The fraction of sp³-hybridized carbons (Fsp3) is 0.0769. The molecule has 5 nitrogen and oxygen atoms in total. The first-order valence-corrected chi connectivity index (χ1v) is 10.3. The molecule has 3 aromatic carbocycles. The molecule has 1 aliphatic carbocycles. The van der Waals surface area contributed by atoms with E-state index in [2.05, 4.69) is 11.4 Å². The van der Waals surface area contributed by atoms with Crippen LogP contribution in [-0.2, 0) is 0 Å². The lowest BCUT2D eigenvalue weighted by Crippen LogP contribution is -2.38. The highest BCUT2D eigenvalue weighted by Gasteiger charge is 2.17. The molecule has 1 heterocycles. The number of nitrogens with one attached hydrogen (secondary N) is 1. The second-order valence-corrected chi connectivity index (χ2v) is 7.44. The van der Waals surface area contributed by atoms with E-state index >= 15 is 0 Å². The zero-order chi connectivity index (χ0) is 21.2. The van der Waals surface area contributed by atoms with Gasteiger partial charge < -0.3 is 5.32 Å². The molecule has 0 spiro atoms. The number of benzene rings is 3. The van der Waals surface area contributed by atoms with Crippen molar-refractivity contribution in [2.75, 3.05) is 5.32 Å². The molecule has 1 aromatic heterocycles. The van der Waals surface area contributed by atoms with Crippen molar-refractivity contribution >= 4 is 28.0 Å². The van der Waals surface area contributed by atoms with Crippen LogP contribution in [0.2, 0.25) is 0 Å². The Balaban J connectivity index is 1.78. The van der Waals surface area contributed by atoms with Crippen LogP contribution >= 0.6 is 0 Å². The number of fused-ring (bicyclic) bond motifs is 1. The smallest absolute Gasteiger partial charge is 0.340 e. The molecule has 5 heteroatoms. The molecule has 0 unspecified atom stereocenters. The fourth-order valence-electron chi connectivity index (χ4n) is 3.94. The molecule has 0 bridgehead atoms. The van der Waals surface area contributed by atoms with E-state index in [1.807, 2.05) is 78.9 Å². The Labute approximate surface area is 179 Å². The topological polar surface area (TPSA) is 56.0 Å². The van der Waals surface area contributed by atoms with Crippen LogP contribution in [0.4, 0.5) is 11.4 Å². The highest BCUT2D eigenvalue weighted by molar-refractivity contribution is 5.86. The Morgan fingerprint density at radius 1 is 0.774 bits per heavy atom. The van der Waals surface area contributed by atoms with E-state index in [4.69, 9.17) is 0 Å². The first-order chi connectivity index (χ1) is 15.2. The van der Waals surface area contributed by atoms with Gasteiger partial charge in [-0.25, -0.2) is 9.36 Å². The van der Waals surface area contributed by atoms with Gasteiger partial charge in [0.1, 0.15) is 0 Å². The normalized spacial score (nSPS) is 13.2. The zero-order valence-electron chi connectivity index (χ0n) is 16.9. The molecule has 0 amide bonds. The summed E-state index contributed by atoms with van der Waals surface area (Å²) in [5, 5.41) is 3.82. The lowest BCUT2D eigenvalue weighted by atomic mass is 10.1. The molecule has 31 heavy (non-hydrogen) atoms. The Morgan fingerprint density at radius 2 is 1.52 bits per heavy atom. The molecule has 5 rings (SSSR count). The average molecular weight is 407 g/mol. The van der Waals surface area contributed by atoms with Gasteiger partial charge >= 0.3 is 5.69 Å². The largest absolute Gasteiger partial charge is 0.356 e. The summed E-state index contributed by atoms with van der Waals surface area (Å²) in [6, 6.07) is 24.4. The lowest BCUT2D eigenvalue weighted by Gasteiger charge is -2.18. The molecule has 0 fully saturated rings. The summed E-state index contributed by atoms with van der Waals surface area (Å²) >= 11 is 0. The van der Waals surface area contributed by atoms with Crippen molar-refractivity contribution in [1.82, 2.24) is 9.13 Å². The van der Waals surface area contributed by atoms with Gasteiger partial charge in [0.15, 0.2) is 0 Å². The van der Waals surface area contributed by atoms with Gasteiger partial charge in [-0.2, -0.15) is 0 Å². The highest BCUT2D eigenvalue weighted by Crippen LogP contribution is 2.24. The van der Waals surface area contributed by atoms with Gasteiger partial charge in [0.25, 0.3) is 5.56 Å². The molecule has 0 saturated carbocycles. The highest BCUT2D eigenvalue weighted by atomic mass is 16.2. The van der Waals surface area contributed by atoms with Crippen molar-refractivity contribution in [3.8, 4) is 5.69 Å². The van der Waals surface area contributed by atoms with E-state index in [1.165, 1.54) is 4.57 Å². The average Bonchev–Trinajstić information content (AvgIpc) is 2.82. The van der Waals surface area contributed by atoms with E-state index in [9.17, 15) is 9.59 Å². The number of aromatic nitrogens is 2. The van der Waals surface area contributed by atoms with Crippen LogP contribution in [-0.4, -0.2) is 9.13 Å². The minimum Gasteiger partial charge on any atom is -0.356 e. The summed E-state index contributed by atoms with van der Waals surface area (Å²) in [5.41, 5.74) is 3.09. The third kappa shape index (κ3) is 3.51. The minimum absolute atomic E-state index is 0.328. The SMILES string of the molecule is O=c1c2cc(Nc3ccccc3)ccc2n(C2=CC=CCC2)c(=O)n1-c1ccccc1. The Hall–Kier alpha value is -4.12. The Kier molecular flexibility index (Phi) is 4.84. The van der Waals surface area contributed by atoms with Gasteiger partial charge in [-0.1, -0.05) is 48.6 Å². The van der Waals surface area contributed by atoms with E-state index < -0.39 is 0 Å². The predicted molar refractivity (Wildman–Crippen MR) is 126 cm³/mol. The number of rotatable bonds is 4. The van der Waals surface area contributed by atoms with Crippen molar-refractivity contribution in [2.45, 2.75) is 12.8 Å². The number of nitrogens with zero attached hydrogens (tertiary/aromatic N) is 2. The summed E-state index contributed by atoms with van der Waals surface area (Å²) in [6.07, 6.45) is 7.58. The molecule has 0 aliphatic heterocycles. The quantitative estimate of drug-likeness (QED) is 0.513. The summed E-state index contributed by atoms with van der Waals surface area (Å²) in [7, 11) is 0. The predicted octanol–water partition coefficient (Wildman–Crippen LogP) is 5.09. The maximum absolute atomic E-state index is 13.5. The van der Waals surface area contributed by atoms with Gasteiger partial charge in [-0.05, 0) is 61.4 Å². The molecule has 1 N–H and O–H groups in total. The molecule has 0 radical (unpaired) electrons. The summed E-state index contributed by atoms with van der Waals surface area (Å²) in [4.78, 5) is 27.0. The monoisotopic (exact) mass is 407 g/mol. The molecule has 152 valence electrons. The van der Waals surface area contributed by atoms with Crippen molar-refractivity contribution < 1.29 is 0 Å². The Bertz CT molecular complexity index is 1430. The molecule has 4 aromatic rings. The van der Waals surface area contributed by atoms with Crippen molar-refractivity contribution in [2.24, 2.45) is 0 Å². The number of hydrogen-bond acceptors (Lipinski definition) is 3. The first kappa shape index (κ1) is 18.9. The summed E-state index contributed by atoms with van der Waals surface area (Å²) in [6.45, 7) is 0. The van der Waals surface area contributed by atoms with Gasteiger partial charge in [-0.3, -0.25) is 9.36 Å². The molecule has 0 atom stereocenters. The Morgan fingerprint density at radius 3 is 2.23 bits per heavy atom. The number of para-hydroxylation sites is 2. The number of anilines is 2. The molecular formula is C26H21N3O2. The van der Waals surface area contributed by atoms with Crippen LogP contribution < -0.4 is 16.6 Å². The van der Waals surface area contributed by atoms with Gasteiger partial charge in [0.2, 0.25) is 0 Å². The van der Waals surface area contributed by atoms with Crippen LogP contribution in [0.5, 0.6) is 0 Å². The van der Waals surface area contributed by atoms with E-state index in [1.54, 1.807) is 16.7 Å². The first-order valence-electron chi connectivity index (χ1n) is 10.3. The third-order valence-electron chi connectivity index (χ3n) is 5.41. The summed E-state index contributed by atoms with van der Waals surface area (Å²) < 4.78 is 2.92. The van der Waals surface area contributed by atoms with Crippen LogP contribution in [0, 0.1) is 0 Å². The number of allylic oxidation sites excluding steroid dienone is 4.